The summed E-state index contributed by atoms with van der Waals surface area (Å²) in [5.41, 5.74) is -0.122. The molecular weight excluding hydrogens is 281 g/mol. The molecule has 0 heterocycles. The van der Waals surface area contributed by atoms with Gasteiger partial charge in [0, 0.05) is 22.3 Å². The van der Waals surface area contributed by atoms with Crippen molar-refractivity contribution in [1.82, 2.24) is 5.32 Å². The number of hydrogen-bond acceptors (Lipinski definition) is 3. The van der Waals surface area contributed by atoms with Crippen molar-refractivity contribution in [3.05, 3.63) is 42.2 Å². The number of halogens is 2. The molecule has 18 heavy (non-hydrogen) atoms. The maximum Gasteiger partial charge on any atom is 0.261 e. The van der Waals surface area contributed by atoms with Crippen molar-refractivity contribution in [2.75, 3.05) is 0 Å². The van der Waals surface area contributed by atoms with Crippen LogP contribution in [0.1, 0.15) is 17.3 Å². The van der Waals surface area contributed by atoms with E-state index >= 15 is 0 Å². The number of nitrogens with one attached hydrogen (secondary N) is 1. The van der Waals surface area contributed by atoms with Crippen molar-refractivity contribution < 1.29 is 17.6 Å². The fourth-order valence-corrected chi connectivity index (χ4v) is 1.97. The minimum absolute atomic E-state index is 0.122. The van der Waals surface area contributed by atoms with E-state index in [1.54, 1.807) is 6.92 Å². The minimum Gasteiger partial charge on any atom is -0.346 e. The summed E-state index contributed by atoms with van der Waals surface area (Å²) < 4.78 is 35.4. The molecule has 1 N–H and O–H groups in total. The van der Waals surface area contributed by atoms with Crippen LogP contribution in [-0.4, -0.2) is 20.4 Å². The van der Waals surface area contributed by atoms with Crippen molar-refractivity contribution in [2.24, 2.45) is 0 Å². The molecule has 1 rings (SSSR count). The van der Waals surface area contributed by atoms with Gasteiger partial charge in [-0.25, -0.2) is 12.8 Å². The Morgan fingerprint density at radius 1 is 1.50 bits per heavy atom. The third-order valence-corrected chi connectivity index (χ3v) is 3.46. The van der Waals surface area contributed by atoms with Crippen LogP contribution >= 0.6 is 10.7 Å². The summed E-state index contributed by atoms with van der Waals surface area (Å²) >= 11 is 0. The van der Waals surface area contributed by atoms with Gasteiger partial charge in [0.15, 0.2) is 0 Å². The van der Waals surface area contributed by atoms with Crippen molar-refractivity contribution in [3.63, 3.8) is 0 Å². The minimum atomic E-state index is -4.08. The fraction of sp³-hybridized carbons (Fsp3) is 0.182. The lowest BCUT2D eigenvalue weighted by molar-refractivity contribution is 0.0946. The summed E-state index contributed by atoms with van der Waals surface area (Å²) in [4.78, 5) is 11.2. The van der Waals surface area contributed by atoms with E-state index < -0.39 is 25.7 Å². The standard InChI is InChI=1S/C11H11ClFNO3S/c1-3-7(2)14-11(15)8-4-9(13)6-10(5-8)18(12,16)17/h3-7H,1H2,2H3,(H,14,15). The highest BCUT2D eigenvalue weighted by Crippen LogP contribution is 2.18. The van der Waals surface area contributed by atoms with E-state index in [-0.39, 0.29) is 11.6 Å². The van der Waals surface area contributed by atoms with E-state index in [9.17, 15) is 17.6 Å². The second-order valence-electron chi connectivity index (χ2n) is 3.61. The Morgan fingerprint density at radius 3 is 2.61 bits per heavy atom. The van der Waals surface area contributed by atoms with Crippen molar-refractivity contribution in [1.29, 1.82) is 0 Å². The van der Waals surface area contributed by atoms with Crippen LogP contribution in [0.3, 0.4) is 0 Å². The molecule has 0 aromatic heterocycles. The Hall–Kier alpha value is -1.40. The van der Waals surface area contributed by atoms with Crippen molar-refractivity contribution in [2.45, 2.75) is 17.9 Å². The molecule has 1 aromatic carbocycles. The number of benzene rings is 1. The molecule has 4 nitrogen and oxygen atoms in total. The molecule has 0 radical (unpaired) electrons. The van der Waals surface area contributed by atoms with E-state index in [0.29, 0.717) is 0 Å². The van der Waals surface area contributed by atoms with E-state index in [0.717, 1.165) is 18.2 Å². The average molecular weight is 292 g/mol. The van der Waals surface area contributed by atoms with Crippen LogP contribution in [0, 0.1) is 5.82 Å². The molecule has 7 heteroatoms. The monoisotopic (exact) mass is 291 g/mol. The topological polar surface area (TPSA) is 63.2 Å². The third-order valence-electron chi connectivity index (χ3n) is 2.13. The lowest BCUT2D eigenvalue weighted by Gasteiger charge is -2.09. The van der Waals surface area contributed by atoms with Crippen LogP contribution < -0.4 is 5.32 Å². The first-order chi connectivity index (χ1) is 8.24. The first kappa shape index (κ1) is 14.7. The zero-order valence-corrected chi connectivity index (χ0v) is 11.1. The predicted octanol–water partition coefficient (Wildman–Crippen LogP) is 2.06. The Balaban J connectivity index is 3.15. The first-order valence-electron chi connectivity index (χ1n) is 4.92. The molecule has 0 aliphatic carbocycles. The molecule has 0 bridgehead atoms. The SMILES string of the molecule is C=CC(C)NC(=O)c1cc(F)cc(S(=O)(=O)Cl)c1. The lowest BCUT2D eigenvalue weighted by Crippen LogP contribution is -2.31. The Kier molecular flexibility index (Phi) is 4.48. The largest absolute Gasteiger partial charge is 0.346 e. The van der Waals surface area contributed by atoms with Gasteiger partial charge in [0.1, 0.15) is 5.82 Å². The molecule has 1 unspecified atom stereocenters. The predicted molar refractivity (Wildman–Crippen MR) is 66.6 cm³/mol. The number of carbonyl (C=O) groups is 1. The lowest BCUT2D eigenvalue weighted by atomic mass is 10.2. The van der Waals surface area contributed by atoms with Gasteiger partial charge in [-0.05, 0) is 25.1 Å². The molecule has 0 saturated carbocycles. The number of carbonyl (C=O) groups excluding carboxylic acids is 1. The Labute approximate surface area is 109 Å². The molecule has 1 atom stereocenters. The van der Waals surface area contributed by atoms with E-state index in [1.807, 2.05) is 0 Å². The number of amides is 1. The number of rotatable bonds is 4. The highest BCUT2D eigenvalue weighted by atomic mass is 35.7. The quantitative estimate of drug-likeness (QED) is 0.682. The summed E-state index contributed by atoms with van der Waals surface area (Å²) in [6, 6.07) is 2.36. The Bertz CT molecular complexity index is 586. The van der Waals surface area contributed by atoms with E-state index in [1.165, 1.54) is 6.08 Å². The van der Waals surface area contributed by atoms with Crippen LogP contribution in [0.5, 0.6) is 0 Å². The third kappa shape index (κ3) is 3.82. The van der Waals surface area contributed by atoms with Crippen LogP contribution in [0.2, 0.25) is 0 Å². The average Bonchev–Trinajstić information content (AvgIpc) is 2.26. The summed E-state index contributed by atoms with van der Waals surface area (Å²) in [7, 11) is 1.01. The van der Waals surface area contributed by atoms with Crippen LogP contribution in [0.15, 0.2) is 35.7 Å². The molecule has 1 amide bonds. The van der Waals surface area contributed by atoms with Crippen molar-refractivity contribution >= 4 is 25.6 Å². The van der Waals surface area contributed by atoms with Crippen LogP contribution in [-0.2, 0) is 9.05 Å². The second kappa shape index (κ2) is 5.49. The summed E-state index contributed by atoms with van der Waals surface area (Å²) in [5.74, 6) is -1.46. The van der Waals surface area contributed by atoms with Gasteiger partial charge >= 0.3 is 0 Å². The van der Waals surface area contributed by atoms with Gasteiger partial charge in [-0.2, -0.15) is 0 Å². The van der Waals surface area contributed by atoms with Crippen LogP contribution in [0.25, 0.3) is 0 Å². The van der Waals surface area contributed by atoms with Gasteiger partial charge in [-0.3, -0.25) is 4.79 Å². The summed E-state index contributed by atoms with van der Waals surface area (Å²) in [5, 5.41) is 2.49. The van der Waals surface area contributed by atoms with Gasteiger partial charge in [0.25, 0.3) is 15.0 Å². The highest BCUT2D eigenvalue weighted by Gasteiger charge is 2.16. The van der Waals surface area contributed by atoms with Gasteiger partial charge in [0.2, 0.25) is 0 Å². The maximum absolute atomic E-state index is 13.2. The van der Waals surface area contributed by atoms with Crippen LogP contribution in [0.4, 0.5) is 4.39 Å². The van der Waals surface area contributed by atoms with Gasteiger partial charge < -0.3 is 5.32 Å². The van der Waals surface area contributed by atoms with Crippen molar-refractivity contribution in [3.8, 4) is 0 Å². The smallest absolute Gasteiger partial charge is 0.261 e. The first-order valence-corrected chi connectivity index (χ1v) is 7.23. The summed E-state index contributed by atoms with van der Waals surface area (Å²) in [6.45, 7) is 5.15. The molecule has 1 aromatic rings. The van der Waals surface area contributed by atoms with Gasteiger partial charge in [-0.15, -0.1) is 6.58 Å². The molecule has 0 spiro atoms. The number of hydrogen-bond donors (Lipinski definition) is 1. The fourth-order valence-electron chi connectivity index (χ4n) is 1.18. The molecule has 0 fully saturated rings. The second-order valence-corrected chi connectivity index (χ2v) is 6.18. The van der Waals surface area contributed by atoms with Gasteiger partial charge in [0.05, 0.1) is 4.90 Å². The van der Waals surface area contributed by atoms with E-state index in [4.69, 9.17) is 10.7 Å². The maximum atomic E-state index is 13.2. The molecular formula is C11H11ClFNO3S. The molecule has 0 saturated heterocycles. The zero-order chi connectivity index (χ0) is 13.9. The molecule has 98 valence electrons. The highest BCUT2D eigenvalue weighted by molar-refractivity contribution is 8.13. The normalized spacial score (nSPS) is 12.8. The zero-order valence-electron chi connectivity index (χ0n) is 9.48. The molecule has 0 aliphatic rings. The Morgan fingerprint density at radius 2 is 2.11 bits per heavy atom. The van der Waals surface area contributed by atoms with Gasteiger partial charge in [-0.1, -0.05) is 6.08 Å². The van der Waals surface area contributed by atoms with E-state index in [2.05, 4.69) is 11.9 Å². The summed E-state index contributed by atoms with van der Waals surface area (Å²) in [6.07, 6.45) is 1.48. The molecule has 0 aliphatic heterocycles.